The fourth-order valence-corrected chi connectivity index (χ4v) is 4.18. The van der Waals surface area contributed by atoms with Gasteiger partial charge in [-0.3, -0.25) is 22.9 Å². The number of nitrogens with zero attached hydrogens (tertiary/aromatic N) is 4. The van der Waals surface area contributed by atoms with Crippen molar-refractivity contribution in [2.45, 2.75) is 31.0 Å². The van der Waals surface area contributed by atoms with E-state index in [9.17, 15) is 14.5 Å². The number of nitrogens with one attached hydrogen (secondary N) is 1. The Bertz CT molecular complexity index is 1040. The first-order valence-electron chi connectivity index (χ1n) is 8.80. The molecule has 0 saturated carbocycles. The Morgan fingerprint density at radius 3 is 3.00 bits per heavy atom. The summed E-state index contributed by atoms with van der Waals surface area (Å²) in [7, 11) is -4.31. The number of nitriles is 1. The molecule has 3 rings (SSSR count). The molecule has 2 N–H and O–H groups in total. The predicted octanol–water partition coefficient (Wildman–Crippen LogP) is 0.974. The van der Waals surface area contributed by atoms with Gasteiger partial charge in [-0.1, -0.05) is 6.08 Å². The van der Waals surface area contributed by atoms with E-state index in [1.165, 1.54) is 10.6 Å². The van der Waals surface area contributed by atoms with Gasteiger partial charge in [-0.25, -0.2) is 18.9 Å². The van der Waals surface area contributed by atoms with Crippen LogP contribution in [0, 0.1) is 11.3 Å². The fourth-order valence-electron chi connectivity index (χ4n) is 2.83. The molecule has 0 bridgehead atoms. The highest BCUT2D eigenvalue weighted by Crippen LogP contribution is 2.53. The van der Waals surface area contributed by atoms with Gasteiger partial charge in [0, 0.05) is 0 Å². The SMILES string of the molecule is C=CCOP(=O)(OCCC#N)O[C@@H]1C(CO)OC(n2cnc3c(=O)[nH]cnc32)[C@@H]1F. The van der Waals surface area contributed by atoms with Crippen LogP contribution in [0.25, 0.3) is 11.2 Å². The van der Waals surface area contributed by atoms with Crippen LogP contribution < -0.4 is 5.56 Å². The van der Waals surface area contributed by atoms with Gasteiger partial charge in [-0.2, -0.15) is 5.26 Å². The van der Waals surface area contributed by atoms with Crippen LogP contribution in [-0.2, 0) is 22.9 Å². The molecule has 162 valence electrons. The van der Waals surface area contributed by atoms with Crippen molar-refractivity contribution in [2.24, 2.45) is 0 Å². The van der Waals surface area contributed by atoms with Gasteiger partial charge in [0.15, 0.2) is 23.6 Å². The molecule has 1 aliphatic heterocycles. The maximum Gasteiger partial charge on any atom is 0.475 e. The lowest BCUT2D eigenvalue weighted by Gasteiger charge is -2.24. The van der Waals surface area contributed by atoms with Crippen molar-refractivity contribution in [3.8, 4) is 6.07 Å². The van der Waals surface area contributed by atoms with Crippen molar-refractivity contribution < 1.29 is 32.4 Å². The second-order valence-corrected chi connectivity index (χ2v) is 7.71. The zero-order valence-electron chi connectivity index (χ0n) is 15.6. The number of hydrogen-bond donors (Lipinski definition) is 2. The van der Waals surface area contributed by atoms with Crippen LogP contribution in [0.2, 0.25) is 0 Å². The van der Waals surface area contributed by atoms with Crippen molar-refractivity contribution in [1.82, 2.24) is 19.5 Å². The first kappa shape index (κ1) is 22.2. The number of H-pyrrole nitrogens is 1. The lowest BCUT2D eigenvalue weighted by molar-refractivity contribution is -0.0470. The Kier molecular flexibility index (Phi) is 7.09. The first-order chi connectivity index (χ1) is 14.4. The van der Waals surface area contributed by atoms with Crippen molar-refractivity contribution in [2.75, 3.05) is 19.8 Å². The molecule has 1 aliphatic rings. The number of fused-ring (bicyclic) bond motifs is 1. The molecule has 0 radical (unpaired) electrons. The second kappa shape index (κ2) is 9.57. The minimum atomic E-state index is -4.31. The van der Waals surface area contributed by atoms with Gasteiger partial charge in [0.25, 0.3) is 5.56 Å². The summed E-state index contributed by atoms with van der Waals surface area (Å²) in [5.74, 6) is 0. The molecule has 2 aromatic rings. The van der Waals surface area contributed by atoms with Crippen LogP contribution in [-0.4, -0.2) is 62.8 Å². The van der Waals surface area contributed by atoms with E-state index in [1.54, 1.807) is 6.07 Å². The predicted molar refractivity (Wildman–Crippen MR) is 98.9 cm³/mol. The summed E-state index contributed by atoms with van der Waals surface area (Å²) in [4.78, 5) is 22.0. The summed E-state index contributed by atoms with van der Waals surface area (Å²) in [6.07, 6.45) is -2.63. The Morgan fingerprint density at radius 2 is 2.30 bits per heavy atom. The molecular formula is C16H19FN5O7P. The largest absolute Gasteiger partial charge is 0.475 e. The number of rotatable bonds is 10. The van der Waals surface area contributed by atoms with Gasteiger partial charge in [0.05, 0.1) is 45.0 Å². The minimum absolute atomic E-state index is 0.0296. The molecule has 0 spiro atoms. The third-order valence-electron chi connectivity index (χ3n) is 4.15. The van der Waals surface area contributed by atoms with Crippen LogP contribution >= 0.6 is 7.82 Å². The average Bonchev–Trinajstić information content (AvgIpc) is 3.29. The number of alkyl halides is 1. The van der Waals surface area contributed by atoms with Crippen LogP contribution in [0.1, 0.15) is 12.6 Å². The van der Waals surface area contributed by atoms with E-state index in [-0.39, 0.29) is 30.8 Å². The number of aliphatic hydroxyl groups excluding tert-OH is 1. The fraction of sp³-hybridized carbons (Fsp3) is 0.500. The van der Waals surface area contributed by atoms with Gasteiger partial charge < -0.3 is 14.8 Å². The van der Waals surface area contributed by atoms with Crippen molar-refractivity contribution in [1.29, 1.82) is 5.26 Å². The number of phosphoric ester groups is 1. The number of ether oxygens (including phenoxy) is 1. The van der Waals surface area contributed by atoms with E-state index in [4.69, 9.17) is 23.6 Å². The molecule has 5 atom stereocenters. The zero-order chi connectivity index (χ0) is 21.7. The van der Waals surface area contributed by atoms with E-state index < -0.39 is 44.6 Å². The molecule has 3 unspecified atom stereocenters. The van der Waals surface area contributed by atoms with Gasteiger partial charge in [-0.15, -0.1) is 6.58 Å². The summed E-state index contributed by atoms with van der Waals surface area (Å²) >= 11 is 0. The Morgan fingerprint density at radius 1 is 1.50 bits per heavy atom. The minimum Gasteiger partial charge on any atom is -0.394 e. The van der Waals surface area contributed by atoms with Gasteiger partial charge in [0.2, 0.25) is 0 Å². The Balaban J connectivity index is 1.86. The standard InChI is InChI=1S/C16H19FN5O7P/c1-2-5-26-30(25,27-6-3-4-18)29-13-10(7-23)28-16(11(13)17)22-9-21-12-14(22)19-8-20-15(12)24/h2,8-11,13,16,23H,1,3,5-7H2,(H,19,20,24)/t10?,11-,13-,16?,30?/m1/s1. The summed E-state index contributed by atoms with van der Waals surface area (Å²) in [5.41, 5.74) is -0.495. The van der Waals surface area contributed by atoms with E-state index >= 15 is 4.39 Å². The second-order valence-electron chi connectivity index (χ2n) is 6.09. The monoisotopic (exact) mass is 443 g/mol. The topological polar surface area (TPSA) is 162 Å². The quantitative estimate of drug-likeness (QED) is 0.307. The molecular weight excluding hydrogens is 424 g/mol. The highest BCUT2D eigenvalue weighted by atomic mass is 31.2. The van der Waals surface area contributed by atoms with Crippen molar-refractivity contribution >= 4 is 19.0 Å². The molecule has 1 fully saturated rings. The molecule has 0 amide bonds. The highest BCUT2D eigenvalue weighted by molar-refractivity contribution is 7.48. The number of halogens is 1. The number of phosphoric acid groups is 1. The van der Waals surface area contributed by atoms with Crippen LogP contribution in [0.5, 0.6) is 0 Å². The lowest BCUT2D eigenvalue weighted by atomic mass is 10.1. The first-order valence-corrected chi connectivity index (χ1v) is 10.3. The molecule has 1 saturated heterocycles. The van der Waals surface area contributed by atoms with Gasteiger partial charge in [-0.05, 0) is 0 Å². The smallest absolute Gasteiger partial charge is 0.394 e. The third kappa shape index (κ3) is 4.49. The maximum atomic E-state index is 15.3. The molecule has 2 aromatic heterocycles. The van der Waals surface area contributed by atoms with E-state index in [2.05, 4.69) is 21.5 Å². The molecule has 3 heterocycles. The maximum absolute atomic E-state index is 15.3. The van der Waals surface area contributed by atoms with Crippen molar-refractivity contribution in [3.63, 3.8) is 0 Å². The zero-order valence-corrected chi connectivity index (χ0v) is 16.5. The highest BCUT2D eigenvalue weighted by Gasteiger charge is 2.51. The van der Waals surface area contributed by atoms with Gasteiger partial charge >= 0.3 is 7.82 Å². The third-order valence-corrected chi connectivity index (χ3v) is 5.62. The number of aliphatic hydroxyl groups is 1. The average molecular weight is 443 g/mol. The van der Waals surface area contributed by atoms with Gasteiger partial charge in [0.1, 0.15) is 12.2 Å². The molecule has 30 heavy (non-hydrogen) atoms. The number of hydrogen-bond acceptors (Lipinski definition) is 10. The molecule has 0 aliphatic carbocycles. The van der Waals surface area contributed by atoms with Crippen LogP contribution in [0.15, 0.2) is 30.1 Å². The van der Waals surface area contributed by atoms with Crippen LogP contribution in [0.4, 0.5) is 4.39 Å². The Hall–Kier alpha value is -2.46. The number of imidazole rings is 1. The molecule has 12 nitrogen and oxygen atoms in total. The lowest BCUT2D eigenvalue weighted by Crippen LogP contribution is -2.33. The summed E-state index contributed by atoms with van der Waals surface area (Å²) in [6.45, 7) is 2.26. The summed E-state index contributed by atoms with van der Waals surface area (Å²) in [6, 6.07) is 1.80. The Labute approximate surface area is 169 Å². The van der Waals surface area contributed by atoms with Crippen molar-refractivity contribution in [3.05, 3.63) is 35.7 Å². The molecule has 14 heteroatoms. The van der Waals surface area contributed by atoms with E-state index in [0.29, 0.717) is 0 Å². The van der Waals surface area contributed by atoms with E-state index in [0.717, 1.165) is 12.7 Å². The molecule has 0 aromatic carbocycles. The summed E-state index contributed by atoms with van der Waals surface area (Å²) < 4.78 is 50.2. The number of aromatic nitrogens is 4. The normalized spacial score (nSPS) is 25.8. The van der Waals surface area contributed by atoms with E-state index in [1.807, 2.05) is 0 Å². The number of aromatic amines is 1. The summed E-state index contributed by atoms with van der Waals surface area (Å²) in [5, 5.41) is 18.2. The van der Waals surface area contributed by atoms with Crippen LogP contribution in [0.3, 0.4) is 0 Å².